The van der Waals surface area contributed by atoms with E-state index >= 15 is 0 Å². The maximum atomic E-state index is 11.8. The highest BCUT2D eigenvalue weighted by Crippen LogP contribution is 2.19. The molecule has 1 atom stereocenters. The second kappa shape index (κ2) is 12.2. The van der Waals surface area contributed by atoms with Crippen LogP contribution < -0.4 is 21.9 Å². The molecule has 0 fully saturated rings. The summed E-state index contributed by atoms with van der Waals surface area (Å²) >= 11 is 0. The zero-order valence-electron chi connectivity index (χ0n) is 14.1. The van der Waals surface area contributed by atoms with Gasteiger partial charge in [-0.3, -0.25) is 9.78 Å². The molecular weight excluding hydrogens is 353 g/mol. The van der Waals surface area contributed by atoms with Crippen LogP contribution in [0.5, 0.6) is 0 Å². The monoisotopic (exact) mass is 381 g/mol. The van der Waals surface area contributed by atoms with E-state index in [4.69, 9.17) is 10.5 Å². The number of unbranched alkanes of at least 4 members (excludes halogenated alkanes) is 5. The van der Waals surface area contributed by atoms with Crippen molar-refractivity contribution in [3.63, 3.8) is 0 Å². The number of hydrogen-bond acceptors (Lipinski definition) is 6. The van der Waals surface area contributed by atoms with Gasteiger partial charge in [0.15, 0.2) is 5.82 Å². The Kier molecular flexibility index (Phi) is 11.6. The topological polar surface area (TPSA) is 105 Å². The molecule has 0 aliphatic carbocycles. The van der Waals surface area contributed by atoms with Gasteiger partial charge >= 0.3 is 0 Å². The summed E-state index contributed by atoms with van der Waals surface area (Å²) in [4.78, 5) is 18.4. The fraction of sp³-hybridized carbons (Fsp3) is 0.733. The lowest BCUT2D eigenvalue weighted by Gasteiger charge is -2.26. The lowest BCUT2D eigenvalue weighted by atomic mass is 10.1. The Morgan fingerprint density at radius 3 is 2.67 bits per heavy atom. The van der Waals surface area contributed by atoms with Gasteiger partial charge in [0.2, 0.25) is 5.95 Å². The molecule has 2 heterocycles. The van der Waals surface area contributed by atoms with Crippen molar-refractivity contribution in [3.05, 3.63) is 10.4 Å². The quantitative estimate of drug-likeness (QED) is 0.490. The van der Waals surface area contributed by atoms with E-state index in [-0.39, 0.29) is 42.4 Å². The minimum atomic E-state index is -0.254. The van der Waals surface area contributed by atoms with Crippen molar-refractivity contribution >= 4 is 42.3 Å². The number of aromatic amines is 1. The van der Waals surface area contributed by atoms with Crippen LogP contribution in [0.25, 0.3) is 0 Å². The number of halogens is 2. The van der Waals surface area contributed by atoms with Gasteiger partial charge in [0.25, 0.3) is 5.56 Å². The van der Waals surface area contributed by atoms with Gasteiger partial charge in [0.05, 0.1) is 12.6 Å². The van der Waals surface area contributed by atoms with Crippen molar-refractivity contribution in [1.82, 2.24) is 9.97 Å². The Hall–Kier alpha value is -1.18. The van der Waals surface area contributed by atoms with Crippen LogP contribution in [-0.4, -0.2) is 35.8 Å². The number of anilines is 3. The van der Waals surface area contributed by atoms with Crippen LogP contribution >= 0.6 is 24.8 Å². The van der Waals surface area contributed by atoms with Gasteiger partial charge in [-0.1, -0.05) is 39.0 Å². The number of rotatable bonds is 9. The summed E-state index contributed by atoms with van der Waals surface area (Å²) in [5, 5.41) is 6.28. The zero-order valence-corrected chi connectivity index (χ0v) is 15.7. The number of aromatic nitrogens is 2. The molecule has 0 saturated carbocycles. The predicted octanol–water partition coefficient (Wildman–Crippen LogP) is 2.78. The number of nitrogens with one attached hydrogen (secondary N) is 3. The molecule has 1 aliphatic heterocycles. The fourth-order valence-corrected chi connectivity index (χ4v) is 2.54. The van der Waals surface area contributed by atoms with E-state index in [0.717, 1.165) is 13.0 Å². The number of nitrogens with zero attached hydrogens (tertiary/aromatic N) is 1. The molecule has 0 spiro atoms. The minimum Gasteiger partial charge on any atom is -0.379 e. The van der Waals surface area contributed by atoms with Crippen molar-refractivity contribution in [2.24, 2.45) is 0 Å². The van der Waals surface area contributed by atoms with Crippen molar-refractivity contribution in [2.75, 3.05) is 36.1 Å². The van der Waals surface area contributed by atoms with Crippen LogP contribution in [0.15, 0.2) is 4.79 Å². The molecule has 0 radical (unpaired) electrons. The van der Waals surface area contributed by atoms with Gasteiger partial charge in [0.1, 0.15) is 5.69 Å². The van der Waals surface area contributed by atoms with Crippen LogP contribution in [-0.2, 0) is 4.74 Å². The maximum absolute atomic E-state index is 11.8. The summed E-state index contributed by atoms with van der Waals surface area (Å²) in [5.41, 5.74) is 5.70. The molecular formula is C15H29Cl2N5O2. The molecule has 9 heteroatoms. The normalized spacial score (nSPS) is 15.3. The summed E-state index contributed by atoms with van der Waals surface area (Å²) in [6.45, 7) is 4.24. The Balaban J connectivity index is 0.00000264. The molecule has 24 heavy (non-hydrogen) atoms. The molecule has 0 aromatic carbocycles. The third-order valence-corrected chi connectivity index (χ3v) is 3.76. The van der Waals surface area contributed by atoms with Gasteiger partial charge in [0, 0.05) is 13.2 Å². The number of hydrogen-bond donors (Lipinski definition) is 4. The third-order valence-electron chi connectivity index (χ3n) is 3.76. The molecule has 2 rings (SSSR count). The minimum absolute atomic E-state index is 0. The summed E-state index contributed by atoms with van der Waals surface area (Å²) in [5.74, 6) is 0.629. The smallest absolute Gasteiger partial charge is 0.277 e. The van der Waals surface area contributed by atoms with E-state index in [2.05, 4.69) is 27.5 Å². The second-order valence-corrected chi connectivity index (χ2v) is 5.74. The highest BCUT2D eigenvalue weighted by Gasteiger charge is 2.21. The van der Waals surface area contributed by atoms with E-state index in [9.17, 15) is 4.79 Å². The molecule has 140 valence electrons. The average molecular weight is 382 g/mol. The van der Waals surface area contributed by atoms with Crippen molar-refractivity contribution < 1.29 is 4.74 Å². The Morgan fingerprint density at radius 1 is 1.21 bits per heavy atom. The number of ether oxygens (including phenoxy) is 1. The maximum Gasteiger partial charge on any atom is 0.277 e. The van der Waals surface area contributed by atoms with Crippen LogP contribution in [0.1, 0.15) is 45.4 Å². The highest BCUT2D eigenvalue weighted by atomic mass is 35.5. The van der Waals surface area contributed by atoms with E-state index in [1.54, 1.807) is 0 Å². The van der Waals surface area contributed by atoms with Gasteiger partial charge in [-0.25, -0.2) is 0 Å². The predicted molar refractivity (Wildman–Crippen MR) is 104 cm³/mol. The second-order valence-electron chi connectivity index (χ2n) is 5.74. The molecule has 1 aromatic rings. The molecule has 0 amide bonds. The first kappa shape index (κ1) is 22.8. The van der Waals surface area contributed by atoms with Crippen molar-refractivity contribution in [3.8, 4) is 0 Å². The standard InChI is InChI=1S/C15H27N5O2.2ClH/c1-2-3-4-5-6-7-8-22-10-11-9-17-13-12(18-11)14(21)20-15(16)19-13;;/h11,18H,2-10H2,1H3,(H4,16,17,19,20,21);2*1H. The zero-order chi connectivity index (χ0) is 15.8. The summed E-state index contributed by atoms with van der Waals surface area (Å²) < 4.78 is 5.70. The van der Waals surface area contributed by atoms with E-state index < -0.39 is 0 Å². The molecule has 0 bridgehead atoms. The number of H-pyrrole nitrogens is 1. The Bertz CT molecular complexity index is 527. The van der Waals surface area contributed by atoms with Crippen LogP contribution in [0.2, 0.25) is 0 Å². The molecule has 5 N–H and O–H groups in total. The summed E-state index contributed by atoms with van der Waals surface area (Å²) in [6.07, 6.45) is 7.53. The summed E-state index contributed by atoms with van der Waals surface area (Å²) in [6, 6.07) is 0.0686. The van der Waals surface area contributed by atoms with E-state index in [1.807, 2.05) is 0 Å². The fourth-order valence-electron chi connectivity index (χ4n) is 2.54. The SMILES string of the molecule is CCCCCCCCOCC1CNc2nc(N)[nH]c(=O)c2N1.Cl.Cl. The third kappa shape index (κ3) is 7.15. The molecule has 0 saturated heterocycles. The highest BCUT2D eigenvalue weighted by molar-refractivity contribution is 5.85. The largest absolute Gasteiger partial charge is 0.379 e. The Morgan fingerprint density at radius 2 is 1.92 bits per heavy atom. The van der Waals surface area contributed by atoms with Crippen LogP contribution in [0.3, 0.4) is 0 Å². The molecule has 7 nitrogen and oxygen atoms in total. The molecule has 1 aliphatic rings. The number of nitrogens with two attached hydrogens (primary N) is 1. The van der Waals surface area contributed by atoms with E-state index in [1.165, 1.54) is 32.1 Å². The van der Waals surface area contributed by atoms with Gasteiger partial charge in [-0.05, 0) is 6.42 Å². The van der Waals surface area contributed by atoms with Gasteiger partial charge in [-0.2, -0.15) is 4.98 Å². The Labute approximate surface area is 155 Å². The van der Waals surface area contributed by atoms with Crippen LogP contribution in [0, 0.1) is 0 Å². The number of fused-ring (bicyclic) bond motifs is 1. The van der Waals surface area contributed by atoms with Crippen molar-refractivity contribution in [1.29, 1.82) is 0 Å². The first-order valence-corrected chi connectivity index (χ1v) is 8.18. The molecule has 1 unspecified atom stereocenters. The first-order chi connectivity index (χ1) is 10.7. The first-order valence-electron chi connectivity index (χ1n) is 8.18. The van der Waals surface area contributed by atoms with E-state index in [0.29, 0.717) is 24.7 Å². The molecule has 1 aromatic heterocycles. The van der Waals surface area contributed by atoms with Crippen molar-refractivity contribution in [2.45, 2.75) is 51.5 Å². The summed E-state index contributed by atoms with van der Waals surface area (Å²) in [7, 11) is 0. The lowest BCUT2D eigenvalue weighted by molar-refractivity contribution is 0.122. The lowest BCUT2D eigenvalue weighted by Crippen LogP contribution is -2.40. The number of nitrogen functional groups attached to an aromatic ring is 1. The van der Waals surface area contributed by atoms with Crippen LogP contribution in [0.4, 0.5) is 17.5 Å². The van der Waals surface area contributed by atoms with Gasteiger partial charge in [-0.15, -0.1) is 24.8 Å². The van der Waals surface area contributed by atoms with Gasteiger partial charge < -0.3 is 21.1 Å². The average Bonchev–Trinajstić information content (AvgIpc) is 2.50.